The van der Waals surface area contributed by atoms with Gasteiger partial charge in [-0.3, -0.25) is 9.59 Å². The fourth-order valence-corrected chi connectivity index (χ4v) is 4.62. The summed E-state index contributed by atoms with van der Waals surface area (Å²) in [5.74, 6) is 1.07. The van der Waals surface area contributed by atoms with E-state index in [4.69, 9.17) is 4.74 Å². The Bertz CT molecular complexity index is 888. The van der Waals surface area contributed by atoms with Gasteiger partial charge >= 0.3 is 0 Å². The van der Waals surface area contributed by atoms with Gasteiger partial charge in [-0.2, -0.15) is 0 Å². The molecule has 0 aromatic heterocycles. The van der Waals surface area contributed by atoms with E-state index in [1.54, 1.807) is 7.11 Å². The van der Waals surface area contributed by atoms with Gasteiger partial charge in [-0.1, -0.05) is 25.0 Å². The van der Waals surface area contributed by atoms with Crippen LogP contribution in [0, 0.1) is 0 Å². The minimum Gasteiger partial charge on any atom is -0.497 e. The van der Waals surface area contributed by atoms with Crippen LogP contribution in [0.4, 0.5) is 0 Å². The summed E-state index contributed by atoms with van der Waals surface area (Å²) >= 11 is 0. The molecule has 1 atom stereocenters. The summed E-state index contributed by atoms with van der Waals surface area (Å²) < 4.78 is 5.18. The van der Waals surface area contributed by atoms with Gasteiger partial charge in [0.1, 0.15) is 5.75 Å². The van der Waals surface area contributed by atoms with Crippen LogP contribution in [-0.4, -0.2) is 43.0 Å². The number of carbonyl (C=O) groups excluding carboxylic acids is 2. The van der Waals surface area contributed by atoms with Gasteiger partial charge in [0.15, 0.2) is 0 Å². The molecule has 2 aromatic rings. The molecule has 1 saturated heterocycles. The summed E-state index contributed by atoms with van der Waals surface area (Å²) in [5, 5.41) is 3.17. The van der Waals surface area contributed by atoms with Crippen molar-refractivity contribution in [1.29, 1.82) is 0 Å². The highest BCUT2D eigenvalue weighted by atomic mass is 16.5. The number of nitrogens with zero attached hydrogens (tertiary/aromatic N) is 1. The van der Waals surface area contributed by atoms with Crippen LogP contribution in [0.1, 0.15) is 70.7 Å². The number of ether oxygens (including phenoxy) is 1. The molecule has 4 rings (SSSR count). The Morgan fingerprint density at radius 2 is 1.73 bits per heavy atom. The zero-order valence-electron chi connectivity index (χ0n) is 17.6. The van der Waals surface area contributed by atoms with Gasteiger partial charge in [0, 0.05) is 36.2 Å². The summed E-state index contributed by atoms with van der Waals surface area (Å²) in [6.07, 6.45) is 6.55. The highest BCUT2D eigenvalue weighted by Crippen LogP contribution is 2.29. The predicted octanol–water partition coefficient (Wildman–Crippen LogP) is 4.39. The third-order valence-electron chi connectivity index (χ3n) is 6.36. The Morgan fingerprint density at radius 1 is 0.967 bits per heavy atom. The standard InChI is InChI=1S/C25H30N2O3/c1-30-23-13-11-18(12-14-23)25(29)27-15-5-8-21(17-27)19-6-4-7-20(16-19)24(28)26-22-9-2-3-10-22/h4,6-7,11-14,16,21-22H,2-3,5,8-10,15,17H2,1H3,(H,26,28)/t21-/m0/s1. The molecule has 30 heavy (non-hydrogen) atoms. The van der Waals surface area contributed by atoms with Gasteiger partial charge in [-0.15, -0.1) is 0 Å². The number of carbonyl (C=O) groups is 2. The number of benzene rings is 2. The molecular formula is C25H30N2O3. The number of methoxy groups -OCH3 is 1. The molecule has 2 amide bonds. The van der Waals surface area contributed by atoms with Crippen LogP contribution in [0.2, 0.25) is 0 Å². The molecular weight excluding hydrogens is 376 g/mol. The van der Waals surface area contributed by atoms with Gasteiger partial charge in [0.2, 0.25) is 0 Å². The first-order valence-electron chi connectivity index (χ1n) is 11.0. The quantitative estimate of drug-likeness (QED) is 0.801. The number of amides is 2. The lowest BCUT2D eigenvalue weighted by Crippen LogP contribution is -2.39. The first-order valence-corrected chi connectivity index (χ1v) is 11.0. The van der Waals surface area contributed by atoms with Crippen molar-refractivity contribution in [2.75, 3.05) is 20.2 Å². The van der Waals surface area contributed by atoms with Gasteiger partial charge in [0.05, 0.1) is 7.11 Å². The van der Waals surface area contributed by atoms with E-state index in [9.17, 15) is 9.59 Å². The van der Waals surface area contributed by atoms with E-state index in [1.165, 1.54) is 12.8 Å². The van der Waals surface area contributed by atoms with E-state index >= 15 is 0 Å². The molecule has 1 N–H and O–H groups in total. The molecule has 2 fully saturated rings. The first kappa shape index (κ1) is 20.5. The van der Waals surface area contributed by atoms with Crippen LogP contribution < -0.4 is 10.1 Å². The summed E-state index contributed by atoms with van der Waals surface area (Å²) in [4.78, 5) is 27.6. The maximum Gasteiger partial charge on any atom is 0.253 e. The lowest BCUT2D eigenvalue weighted by atomic mass is 9.89. The van der Waals surface area contributed by atoms with Crippen LogP contribution in [0.5, 0.6) is 5.75 Å². The highest BCUT2D eigenvalue weighted by molar-refractivity contribution is 5.95. The molecule has 2 aromatic carbocycles. The second-order valence-electron chi connectivity index (χ2n) is 8.40. The maximum absolute atomic E-state index is 13.0. The summed E-state index contributed by atoms with van der Waals surface area (Å²) in [7, 11) is 1.62. The normalized spacial score (nSPS) is 19.5. The molecule has 1 aliphatic carbocycles. The number of hydrogen-bond acceptors (Lipinski definition) is 3. The van der Waals surface area contributed by atoms with E-state index in [0.29, 0.717) is 18.2 Å². The Balaban J connectivity index is 1.43. The Kier molecular flexibility index (Phi) is 6.36. The zero-order chi connectivity index (χ0) is 20.9. The lowest BCUT2D eigenvalue weighted by molar-refractivity contribution is 0.0706. The molecule has 1 heterocycles. The smallest absolute Gasteiger partial charge is 0.253 e. The summed E-state index contributed by atoms with van der Waals surface area (Å²) in [6.45, 7) is 1.45. The Hall–Kier alpha value is -2.82. The number of nitrogens with one attached hydrogen (secondary N) is 1. The van der Waals surface area contributed by atoms with Crippen molar-refractivity contribution in [3.05, 3.63) is 65.2 Å². The largest absolute Gasteiger partial charge is 0.497 e. The van der Waals surface area contributed by atoms with Crippen LogP contribution >= 0.6 is 0 Å². The molecule has 1 saturated carbocycles. The fraction of sp³-hybridized carbons (Fsp3) is 0.440. The average molecular weight is 407 g/mol. The van der Waals surface area contributed by atoms with Crippen molar-refractivity contribution in [1.82, 2.24) is 10.2 Å². The number of hydrogen-bond donors (Lipinski definition) is 1. The molecule has 0 spiro atoms. The van der Waals surface area contributed by atoms with Crippen LogP contribution in [0.15, 0.2) is 48.5 Å². The van der Waals surface area contributed by atoms with Crippen molar-refractivity contribution >= 4 is 11.8 Å². The van der Waals surface area contributed by atoms with Crippen molar-refractivity contribution < 1.29 is 14.3 Å². The Morgan fingerprint density at radius 3 is 2.47 bits per heavy atom. The minimum atomic E-state index is 0.0192. The number of piperidine rings is 1. The Labute approximate surface area is 178 Å². The lowest BCUT2D eigenvalue weighted by Gasteiger charge is -2.33. The first-order chi connectivity index (χ1) is 14.6. The molecule has 2 aliphatic rings. The average Bonchev–Trinajstić information content (AvgIpc) is 3.32. The fourth-order valence-electron chi connectivity index (χ4n) is 4.62. The number of rotatable bonds is 5. The van der Waals surface area contributed by atoms with Gasteiger partial charge < -0.3 is 15.0 Å². The predicted molar refractivity (Wildman–Crippen MR) is 117 cm³/mol. The maximum atomic E-state index is 13.0. The molecule has 158 valence electrons. The minimum absolute atomic E-state index is 0.0192. The van der Waals surface area contributed by atoms with Crippen molar-refractivity contribution in [3.8, 4) is 5.75 Å². The molecule has 0 unspecified atom stereocenters. The van der Waals surface area contributed by atoms with Crippen molar-refractivity contribution in [3.63, 3.8) is 0 Å². The molecule has 0 radical (unpaired) electrons. The second kappa shape index (κ2) is 9.33. The topological polar surface area (TPSA) is 58.6 Å². The van der Waals surface area contributed by atoms with Crippen molar-refractivity contribution in [2.45, 2.75) is 50.5 Å². The van der Waals surface area contributed by atoms with E-state index in [0.717, 1.165) is 49.1 Å². The van der Waals surface area contributed by atoms with Crippen LogP contribution in [0.25, 0.3) is 0 Å². The van der Waals surface area contributed by atoms with Crippen LogP contribution in [-0.2, 0) is 0 Å². The van der Waals surface area contributed by atoms with E-state index < -0.39 is 0 Å². The highest BCUT2D eigenvalue weighted by Gasteiger charge is 2.26. The van der Waals surface area contributed by atoms with Crippen molar-refractivity contribution in [2.24, 2.45) is 0 Å². The van der Waals surface area contributed by atoms with E-state index in [2.05, 4.69) is 11.4 Å². The molecule has 1 aliphatic heterocycles. The van der Waals surface area contributed by atoms with Gasteiger partial charge in [-0.05, 0) is 67.6 Å². The third-order valence-corrected chi connectivity index (χ3v) is 6.36. The molecule has 0 bridgehead atoms. The van der Waals surface area contributed by atoms with Crippen LogP contribution in [0.3, 0.4) is 0 Å². The van der Waals surface area contributed by atoms with Gasteiger partial charge in [-0.25, -0.2) is 0 Å². The third kappa shape index (κ3) is 4.66. The van der Waals surface area contributed by atoms with E-state index in [1.807, 2.05) is 47.4 Å². The molecule has 5 heteroatoms. The molecule has 5 nitrogen and oxygen atoms in total. The second-order valence-corrected chi connectivity index (χ2v) is 8.40. The van der Waals surface area contributed by atoms with E-state index in [-0.39, 0.29) is 17.7 Å². The zero-order valence-corrected chi connectivity index (χ0v) is 17.6. The van der Waals surface area contributed by atoms with Gasteiger partial charge in [0.25, 0.3) is 11.8 Å². The number of likely N-dealkylation sites (tertiary alicyclic amines) is 1. The SMILES string of the molecule is COc1ccc(C(=O)N2CCC[C@H](c3cccc(C(=O)NC4CCCC4)c3)C2)cc1. The summed E-state index contributed by atoms with van der Waals surface area (Å²) in [5.41, 5.74) is 2.54. The summed E-state index contributed by atoms with van der Waals surface area (Å²) in [6, 6.07) is 15.5. The monoisotopic (exact) mass is 406 g/mol.